The lowest BCUT2D eigenvalue weighted by molar-refractivity contribution is -0.145. The third-order valence-corrected chi connectivity index (χ3v) is 7.64. The van der Waals surface area contributed by atoms with Gasteiger partial charge in [0, 0.05) is 18.2 Å². The monoisotopic (exact) mass is 569 g/mol. The van der Waals surface area contributed by atoms with Gasteiger partial charge in [0.2, 0.25) is 5.91 Å². The summed E-state index contributed by atoms with van der Waals surface area (Å²) < 4.78 is 5.55. The van der Waals surface area contributed by atoms with Gasteiger partial charge in [-0.1, -0.05) is 78.4 Å². The number of carbonyl (C=O) groups excluding carboxylic acids is 3. The van der Waals surface area contributed by atoms with Crippen LogP contribution in [0.2, 0.25) is 0 Å². The maximum absolute atomic E-state index is 14.6. The first-order chi connectivity index (χ1) is 19.9. The summed E-state index contributed by atoms with van der Waals surface area (Å²) in [6, 6.07) is 21.2. The van der Waals surface area contributed by atoms with Crippen LogP contribution in [0.5, 0.6) is 0 Å². The smallest absolute Gasteiger partial charge is 0.408 e. The fraction of sp³-hybridized carbons (Fsp3) is 0.400. The number of ether oxygens (including phenoxy) is 1. The summed E-state index contributed by atoms with van der Waals surface area (Å²) in [5.74, 6) is -0.594. The summed E-state index contributed by atoms with van der Waals surface area (Å²) in [5, 5.41) is 5.99. The molecule has 1 saturated carbocycles. The fourth-order valence-electron chi connectivity index (χ4n) is 5.25. The second kappa shape index (κ2) is 13.2. The molecule has 1 fully saturated rings. The number of para-hydroxylation sites is 1. The molecule has 0 radical (unpaired) electrons. The second-order valence-corrected chi connectivity index (χ2v) is 12.3. The Morgan fingerprint density at radius 2 is 1.50 bits per heavy atom. The van der Waals surface area contributed by atoms with Crippen molar-refractivity contribution in [3.8, 4) is 0 Å². The molecule has 42 heavy (non-hydrogen) atoms. The molecule has 1 aliphatic carbocycles. The van der Waals surface area contributed by atoms with Gasteiger partial charge >= 0.3 is 6.09 Å². The highest BCUT2D eigenvalue weighted by atomic mass is 16.6. The molecule has 3 aromatic carbocycles. The quantitative estimate of drug-likeness (QED) is 0.296. The summed E-state index contributed by atoms with van der Waals surface area (Å²) in [4.78, 5) is 43.6. The molecule has 0 heterocycles. The van der Waals surface area contributed by atoms with E-state index in [2.05, 4.69) is 10.6 Å². The highest BCUT2D eigenvalue weighted by Gasteiger charge is 2.42. The Morgan fingerprint density at radius 1 is 0.881 bits per heavy atom. The second-order valence-electron chi connectivity index (χ2n) is 12.3. The third-order valence-electron chi connectivity index (χ3n) is 7.64. The number of rotatable bonds is 9. The van der Waals surface area contributed by atoms with Crippen molar-refractivity contribution in [1.82, 2.24) is 10.2 Å². The molecule has 1 aliphatic rings. The lowest BCUT2D eigenvalue weighted by Gasteiger charge is -2.43. The van der Waals surface area contributed by atoms with Crippen LogP contribution in [-0.4, -0.2) is 40.5 Å². The minimum atomic E-state index is -0.927. The molecule has 0 aliphatic heterocycles. The number of nitrogens with one attached hydrogen (secondary N) is 2. The Kier molecular flexibility index (Phi) is 9.71. The first kappa shape index (κ1) is 30.8. The van der Waals surface area contributed by atoms with Crippen molar-refractivity contribution in [2.75, 3.05) is 5.32 Å². The number of alkyl carbamates (subject to hydrolysis) is 1. The molecular formula is C35H43N3O4. The standard InChI is InChI=1S/C35H43N3O4/c1-23-18-20-27(21-19-23)31(32(39)37-30-24(2)12-10-13-25(30)3)38(28-16-11-17-28)33(40)29(22-26-14-8-7-9-15-26)36-34(41)42-35(4,5)6/h7-10,12-15,18-21,28-29,31H,11,16-17,22H2,1-6H3,(H,36,41)(H,37,39). The van der Waals surface area contributed by atoms with E-state index in [9.17, 15) is 14.4 Å². The Balaban J connectivity index is 1.76. The number of hydrogen-bond donors (Lipinski definition) is 2. The van der Waals surface area contributed by atoms with Crippen molar-refractivity contribution in [2.45, 2.75) is 91.0 Å². The molecule has 0 saturated heterocycles. The first-order valence-electron chi connectivity index (χ1n) is 14.7. The van der Waals surface area contributed by atoms with E-state index < -0.39 is 23.8 Å². The number of nitrogens with zero attached hydrogens (tertiary/aromatic N) is 1. The van der Waals surface area contributed by atoms with Gasteiger partial charge in [-0.05, 0) is 83.1 Å². The van der Waals surface area contributed by atoms with Crippen molar-refractivity contribution in [3.63, 3.8) is 0 Å². The molecule has 3 amide bonds. The lowest BCUT2D eigenvalue weighted by Crippen LogP contribution is -2.57. The van der Waals surface area contributed by atoms with Gasteiger partial charge in [-0.3, -0.25) is 9.59 Å². The summed E-state index contributed by atoms with van der Waals surface area (Å²) in [5.41, 5.74) is 4.58. The molecule has 7 nitrogen and oxygen atoms in total. The molecule has 2 N–H and O–H groups in total. The molecule has 2 unspecified atom stereocenters. The maximum Gasteiger partial charge on any atom is 0.408 e. The first-order valence-corrected chi connectivity index (χ1v) is 14.7. The zero-order valence-electron chi connectivity index (χ0n) is 25.6. The van der Waals surface area contributed by atoms with Crippen molar-refractivity contribution in [1.29, 1.82) is 0 Å². The van der Waals surface area contributed by atoms with Crippen LogP contribution in [0.15, 0.2) is 72.8 Å². The normalized spacial score (nSPS) is 14.7. The van der Waals surface area contributed by atoms with E-state index >= 15 is 0 Å². The number of benzene rings is 3. The number of hydrogen-bond acceptors (Lipinski definition) is 4. The molecule has 4 rings (SSSR count). The summed E-state index contributed by atoms with van der Waals surface area (Å²) in [7, 11) is 0. The lowest BCUT2D eigenvalue weighted by atomic mass is 9.87. The minimum absolute atomic E-state index is 0.133. The summed E-state index contributed by atoms with van der Waals surface area (Å²) in [6.07, 6.45) is 2.14. The van der Waals surface area contributed by atoms with Gasteiger partial charge < -0.3 is 20.3 Å². The Labute approximate surface area is 249 Å². The molecule has 0 aromatic heterocycles. The summed E-state index contributed by atoms with van der Waals surface area (Å²) >= 11 is 0. The van der Waals surface area contributed by atoms with Gasteiger partial charge in [0.05, 0.1) is 0 Å². The number of amides is 3. The van der Waals surface area contributed by atoms with Crippen LogP contribution in [-0.2, 0) is 20.7 Å². The van der Waals surface area contributed by atoms with Gasteiger partial charge in [-0.25, -0.2) is 4.79 Å². The molecular weight excluding hydrogens is 526 g/mol. The van der Waals surface area contributed by atoms with Crippen LogP contribution >= 0.6 is 0 Å². The molecule has 222 valence electrons. The highest BCUT2D eigenvalue weighted by Crippen LogP contribution is 2.35. The van der Waals surface area contributed by atoms with E-state index in [1.165, 1.54) is 0 Å². The van der Waals surface area contributed by atoms with Gasteiger partial charge in [0.25, 0.3) is 5.91 Å². The van der Waals surface area contributed by atoms with Crippen LogP contribution in [0.4, 0.5) is 10.5 Å². The zero-order chi connectivity index (χ0) is 30.4. The molecule has 0 bridgehead atoms. The highest BCUT2D eigenvalue weighted by molar-refractivity contribution is 6.00. The summed E-state index contributed by atoms with van der Waals surface area (Å²) in [6.45, 7) is 11.3. The topological polar surface area (TPSA) is 87.7 Å². The SMILES string of the molecule is Cc1ccc(C(C(=O)Nc2c(C)cccc2C)N(C(=O)C(Cc2ccccc2)NC(=O)OC(C)(C)C)C2CCC2)cc1. The number of aryl methyl sites for hydroxylation is 3. The Bertz CT molecular complexity index is 1370. The van der Waals surface area contributed by atoms with E-state index in [1.54, 1.807) is 25.7 Å². The number of carbonyl (C=O) groups is 3. The minimum Gasteiger partial charge on any atom is -0.444 e. The van der Waals surface area contributed by atoms with Crippen LogP contribution in [0.25, 0.3) is 0 Å². The fourth-order valence-corrected chi connectivity index (χ4v) is 5.25. The average molecular weight is 570 g/mol. The van der Waals surface area contributed by atoms with E-state index in [-0.39, 0.29) is 24.3 Å². The van der Waals surface area contributed by atoms with Crippen molar-refractivity contribution >= 4 is 23.6 Å². The zero-order valence-corrected chi connectivity index (χ0v) is 25.6. The third kappa shape index (κ3) is 7.78. The van der Waals surface area contributed by atoms with Gasteiger partial charge in [0.1, 0.15) is 17.7 Å². The van der Waals surface area contributed by atoms with Crippen molar-refractivity contribution < 1.29 is 19.1 Å². The van der Waals surface area contributed by atoms with E-state index in [4.69, 9.17) is 4.74 Å². The Morgan fingerprint density at radius 3 is 2.05 bits per heavy atom. The van der Waals surface area contributed by atoms with Gasteiger partial charge in [-0.15, -0.1) is 0 Å². The molecule has 0 spiro atoms. The predicted molar refractivity (Wildman–Crippen MR) is 166 cm³/mol. The molecule has 7 heteroatoms. The molecule has 3 aromatic rings. The molecule has 2 atom stereocenters. The largest absolute Gasteiger partial charge is 0.444 e. The van der Waals surface area contributed by atoms with Gasteiger partial charge in [-0.2, -0.15) is 0 Å². The predicted octanol–water partition coefficient (Wildman–Crippen LogP) is 6.81. The van der Waals surface area contributed by atoms with Gasteiger partial charge in [0.15, 0.2) is 0 Å². The van der Waals surface area contributed by atoms with E-state index in [1.807, 2.05) is 93.6 Å². The maximum atomic E-state index is 14.6. The Hall–Kier alpha value is -4.13. The van der Waals surface area contributed by atoms with E-state index in [0.29, 0.717) is 0 Å². The van der Waals surface area contributed by atoms with Crippen molar-refractivity contribution in [2.24, 2.45) is 0 Å². The van der Waals surface area contributed by atoms with Crippen LogP contribution < -0.4 is 10.6 Å². The van der Waals surface area contributed by atoms with E-state index in [0.717, 1.165) is 52.8 Å². The van der Waals surface area contributed by atoms with Crippen LogP contribution in [0.3, 0.4) is 0 Å². The van der Waals surface area contributed by atoms with Crippen LogP contribution in [0.1, 0.15) is 73.9 Å². The average Bonchev–Trinajstić information content (AvgIpc) is 2.89. The van der Waals surface area contributed by atoms with Crippen LogP contribution in [0, 0.1) is 20.8 Å². The van der Waals surface area contributed by atoms with Crippen molar-refractivity contribution in [3.05, 3.63) is 101 Å². The number of anilines is 1.